The summed E-state index contributed by atoms with van der Waals surface area (Å²) >= 11 is 1.43. The van der Waals surface area contributed by atoms with E-state index in [1.165, 1.54) is 11.3 Å². The number of aryl methyl sites for hydroxylation is 3. The van der Waals surface area contributed by atoms with Gasteiger partial charge in [-0.15, -0.1) is 21.5 Å². The van der Waals surface area contributed by atoms with E-state index in [-0.39, 0.29) is 5.91 Å². The van der Waals surface area contributed by atoms with Crippen molar-refractivity contribution in [3.8, 4) is 22.9 Å². The Kier molecular flexibility index (Phi) is 6.13. The quantitative estimate of drug-likeness (QED) is 0.433. The van der Waals surface area contributed by atoms with Gasteiger partial charge in [0.15, 0.2) is 0 Å². The molecule has 0 saturated carbocycles. The minimum absolute atomic E-state index is 0.336. The van der Waals surface area contributed by atoms with Crippen molar-refractivity contribution < 1.29 is 14.0 Å². The van der Waals surface area contributed by atoms with Gasteiger partial charge in [-0.05, 0) is 67.8 Å². The van der Waals surface area contributed by atoms with E-state index in [0.29, 0.717) is 27.8 Å². The highest BCUT2D eigenvalue weighted by atomic mass is 32.1. The number of aromatic nitrogens is 2. The van der Waals surface area contributed by atoms with Gasteiger partial charge in [-0.1, -0.05) is 25.1 Å². The fourth-order valence-electron chi connectivity index (χ4n) is 3.26. The number of hydrogen-bond donors (Lipinski definition) is 2. The van der Waals surface area contributed by atoms with Gasteiger partial charge >= 0.3 is 0 Å². The van der Waals surface area contributed by atoms with E-state index in [2.05, 4.69) is 21.0 Å². The second kappa shape index (κ2) is 9.15. The summed E-state index contributed by atoms with van der Waals surface area (Å²) in [6, 6.07) is 16.3. The zero-order chi connectivity index (χ0) is 22.7. The number of nitrogens with one attached hydrogen (secondary N) is 2. The first-order valence-corrected chi connectivity index (χ1v) is 11.0. The molecule has 32 heavy (non-hydrogen) atoms. The zero-order valence-corrected chi connectivity index (χ0v) is 18.7. The van der Waals surface area contributed by atoms with E-state index in [9.17, 15) is 9.59 Å². The molecule has 162 valence electrons. The average molecular weight is 447 g/mol. The molecule has 7 nitrogen and oxygen atoms in total. The topological polar surface area (TPSA) is 97.1 Å². The molecule has 8 heteroatoms. The van der Waals surface area contributed by atoms with Crippen molar-refractivity contribution in [2.75, 3.05) is 0 Å². The first-order chi connectivity index (χ1) is 15.5. The highest BCUT2D eigenvalue weighted by Gasteiger charge is 2.15. The number of carbonyl (C=O) groups is 2. The third kappa shape index (κ3) is 4.45. The van der Waals surface area contributed by atoms with Crippen LogP contribution < -0.4 is 10.9 Å². The van der Waals surface area contributed by atoms with Gasteiger partial charge in [0.2, 0.25) is 11.8 Å². The lowest BCUT2D eigenvalue weighted by Crippen LogP contribution is -2.41. The van der Waals surface area contributed by atoms with Crippen molar-refractivity contribution in [1.29, 1.82) is 0 Å². The molecular weight excluding hydrogens is 424 g/mol. The lowest BCUT2D eigenvalue weighted by molar-refractivity contribution is 0.0849. The minimum atomic E-state index is -0.417. The van der Waals surface area contributed by atoms with Crippen LogP contribution >= 0.6 is 11.3 Å². The maximum atomic E-state index is 12.4. The van der Waals surface area contributed by atoms with Crippen molar-refractivity contribution in [3.63, 3.8) is 0 Å². The summed E-state index contributed by atoms with van der Waals surface area (Å²) < 4.78 is 5.81. The van der Waals surface area contributed by atoms with Gasteiger partial charge in [-0.25, -0.2) is 0 Å². The van der Waals surface area contributed by atoms with Gasteiger partial charge in [0, 0.05) is 21.6 Å². The van der Waals surface area contributed by atoms with Gasteiger partial charge in [0.05, 0.1) is 4.88 Å². The summed E-state index contributed by atoms with van der Waals surface area (Å²) in [7, 11) is 0. The Morgan fingerprint density at radius 2 is 1.59 bits per heavy atom. The Bertz CT molecular complexity index is 1270. The van der Waals surface area contributed by atoms with Crippen LogP contribution in [0.2, 0.25) is 0 Å². The van der Waals surface area contributed by atoms with E-state index in [0.717, 1.165) is 28.0 Å². The molecular formula is C24H22N4O3S. The summed E-state index contributed by atoms with van der Waals surface area (Å²) in [6.45, 7) is 6.00. The molecule has 0 unspecified atom stereocenters. The lowest BCUT2D eigenvalue weighted by atomic mass is 10.1. The van der Waals surface area contributed by atoms with Gasteiger partial charge in [-0.2, -0.15) is 0 Å². The van der Waals surface area contributed by atoms with Crippen molar-refractivity contribution in [1.82, 2.24) is 21.0 Å². The molecule has 4 aromatic rings. The number of thiophene rings is 1. The van der Waals surface area contributed by atoms with Crippen molar-refractivity contribution in [2.24, 2.45) is 0 Å². The van der Waals surface area contributed by atoms with Crippen LogP contribution in [0, 0.1) is 13.8 Å². The Balaban J connectivity index is 1.41. The molecule has 0 spiro atoms. The molecule has 0 radical (unpaired) electrons. The van der Waals surface area contributed by atoms with Gasteiger partial charge in [0.25, 0.3) is 11.8 Å². The molecule has 2 aromatic carbocycles. The van der Waals surface area contributed by atoms with E-state index in [1.54, 1.807) is 24.3 Å². The predicted octanol–water partition coefficient (Wildman–Crippen LogP) is 4.72. The molecule has 0 aliphatic carbocycles. The van der Waals surface area contributed by atoms with E-state index >= 15 is 0 Å². The van der Waals surface area contributed by atoms with Gasteiger partial charge in [-0.3, -0.25) is 20.4 Å². The number of amides is 2. The fraction of sp³-hybridized carbons (Fsp3) is 0.167. The van der Waals surface area contributed by atoms with Crippen LogP contribution in [-0.2, 0) is 6.42 Å². The summed E-state index contributed by atoms with van der Waals surface area (Å²) in [5.41, 5.74) is 9.01. The monoisotopic (exact) mass is 446 g/mol. The zero-order valence-electron chi connectivity index (χ0n) is 17.9. The van der Waals surface area contributed by atoms with Crippen LogP contribution in [-0.4, -0.2) is 22.0 Å². The molecule has 0 fully saturated rings. The summed E-state index contributed by atoms with van der Waals surface area (Å²) in [6.07, 6.45) is 0.870. The molecule has 0 atom stereocenters. The third-order valence-corrected chi connectivity index (χ3v) is 6.43. The van der Waals surface area contributed by atoms with Crippen molar-refractivity contribution >= 4 is 23.2 Å². The van der Waals surface area contributed by atoms with Gasteiger partial charge < -0.3 is 4.42 Å². The largest absolute Gasteiger partial charge is 0.416 e. The molecule has 2 amide bonds. The smallest absolute Gasteiger partial charge is 0.279 e. The van der Waals surface area contributed by atoms with Crippen molar-refractivity contribution in [2.45, 2.75) is 27.2 Å². The third-order valence-electron chi connectivity index (χ3n) is 5.05. The van der Waals surface area contributed by atoms with Crippen LogP contribution in [0.25, 0.3) is 22.9 Å². The SMILES string of the molecule is CCc1sc(C(=O)NNC(=O)c2ccc(-c3nnc(-c4ccccc4C)o3)cc2)cc1C. The first-order valence-electron chi connectivity index (χ1n) is 10.2. The fourth-order valence-corrected chi connectivity index (χ4v) is 4.26. The predicted molar refractivity (Wildman–Crippen MR) is 123 cm³/mol. The number of carbonyl (C=O) groups excluding carboxylic acids is 2. The highest BCUT2D eigenvalue weighted by molar-refractivity contribution is 7.14. The first kappa shape index (κ1) is 21.5. The number of hydrazine groups is 1. The van der Waals surface area contributed by atoms with Gasteiger partial charge in [0.1, 0.15) is 0 Å². The molecule has 0 saturated heterocycles. The summed E-state index contributed by atoms with van der Waals surface area (Å²) in [4.78, 5) is 26.4. The minimum Gasteiger partial charge on any atom is -0.416 e. The highest BCUT2D eigenvalue weighted by Crippen LogP contribution is 2.26. The van der Waals surface area contributed by atoms with E-state index in [4.69, 9.17) is 4.42 Å². The number of hydrogen-bond acceptors (Lipinski definition) is 6. The average Bonchev–Trinajstić information content (AvgIpc) is 3.44. The Morgan fingerprint density at radius 3 is 2.28 bits per heavy atom. The molecule has 2 aromatic heterocycles. The molecule has 0 bridgehead atoms. The maximum absolute atomic E-state index is 12.4. The van der Waals surface area contributed by atoms with Crippen LogP contribution in [0.15, 0.2) is 59.0 Å². The molecule has 4 rings (SSSR count). The normalized spacial score (nSPS) is 10.7. The summed E-state index contributed by atoms with van der Waals surface area (Å²) in [5, 5.41) is 8.24. The van der Waals surface area contributed by atoms with Crippen LogP contribution in [0.3, 0.4) is 0 Å². The van der Waals surface area contributed by atoms with Crippen LogP contribution in [0.5, 0.6) is 0 Å². The molecule has 0 aliphatic rings. The Labute approximate surface area is 189 Å². The second-order valence-corrected chi connectivity index (χ2v) is 8.42. The Hall–Kier alpha value is -3.78. The molecule has 2 heterocycles. The second-order valence-electron chi connectivity index (χ2n) is 7.28. The number of benzene rings is 2. The molecule has 0 aliphatic heterocycles. The van der Waals surface area contributed by atoms with Crippen LogP contribution in [0.4, 0.5) is 0 Å². The lowest BCUT2D eigenvalue weighted by Gasteiger charge is -2.06. The summed E-state index contributed by atoms with van der Waals surface area (Å²) in [5.74, 6) is 0.0540. The van der Waals surface area contributed by atoms with Crippen LogP contribution in [0.1, 0.15) is 43.0 Å². The Morgan fingerprint density at radius 1 is 0.906 bits per heavy atom. The van der Waals surface area contributed by atoms with Crippen molar-refractivity contribution in [3.05, 3.63) is 81.0 Å². The van der Waals surface area contributed by atoms with E-state index in [1.807, 2.05) is 51.1 Å². The van der Waals surface area contributed by atoms with E-state index < -0.39 is 5.91 Å². The number of nitrogens with zero attached hydrogens (tertiary/aromatic N) is 2. The number of rotatable bonds is 5. The maximum Gasteiger partial charge on any atom is 0.279 e. The molecule has 2 N–H and O–H groups in total. The standard InChI is InChI=1S/C24H22N4O3S/c1-4-19-15(3)13-20(32-19)22(30)26-25-21(29)16-9-11-17(12-10-16)23-27-28-24(31-23)18-8-6-5-7-14(18)2/h5-13H,4H2,1-3H3,(H,25,29)(H,26,30).